The lowest BCUT2D eigenvalue weighted by atomic mass is 9.97. The highest BCUT2D eigenvalue weighted by molar-refractivity contribution is 6.30. The molecule has 0 saturated carbocycles. The molecule has 3 heteroatoms. The fourth-order valence-electron chi connectivity index (χ4n) is 2.15. The Bertz CT molecular complexity index is 578. The van der Waals surface area contributed by atoms with Crippen LogP contribution in [-0.4, -0.2) is 19.4 Å². The van der Waals surface area contributed by atoms with Crippen molar-refractivity contribution in [2.24, 2.45) is 0 Å². The maximum atomic E-state index is 12.4. The van der Waals surface area contributed by atoms with Crippen LogP contribution in [-0.2, 0) is 12.8 Å². The van der Waals surface area contributed by atoms with Gasteiger partial charge in [-0.05, 0) is 43.3 Å². The van der Waals surface area contributed by atoms with Crippen molar-refractivity contribution in [3.05, 3.63) is 70.2 Å². The molecular formula is C17H18ClNO. The number of likely N-dealkylation sites (N-methyl/N-ethyl adjacent to an activating group) is 1. The van der Waals surface area contributed by atoms with Gasteiger partial charge in [-0.15, -0.1) is 0 Å². The number of carbonyl (C=O) groups is 1. The highest BCUT2D eigenvalue weighted by atomic mass is 35.5. The molecule has 0 atom stereocenters. The fourth-order valence-corrected chi connectivity index (χ4v) is 2.28. The molecular weight excluding hydrogens is 270 g/mol. The van der Waals surface area contributed by atoms with Crippen molar-refractivity contribution in [3.63, 3.8) is 0 Å². The van der Waals surface area contributed by atoms with Gasteiger partial charge in [0.2, 0.25) is 0 Å². The first-order valence-corrected chi connectivity index (χ1v) is 7.08. The SMILES string of the molecule is CNCCc1ccccc1C(=O)Cc1ccc(Cl)cc1. The van der Waals surface area contributed by atoms with E-state index in [4.69, 9.17) is 11.6 Å². The van der Waals surface area contributed by atoms with Gasteiger partial charge < -0.3 is 5.32 Å². The quantitative estimate of drug-likeness (QED) is 0.824. The number of benzene rings is 2. The molecule has 0 aliphatic heterocycles. The Morgan fingerprint density at radius 2 is 1.80 bits per heavy atom. The Morgan fingerprint density at radius 1 is 1.10 bits per heavy atom. The van der Waals surface area contributed by atoms with Crippen LogP contribution in [0.1, 0.15) is 21.5 Å². The van der Waals surface area contributed by atoms with Crippen molar-refractivity contribution < 1.29 is 4.79 Å². The zero-order valence-electron chi connectivity index (χ0n) is 11.5. The average Bonchev–Trinajstić information content (AvgIpc) is 2.47. The first-order chi connectivity index (χ1) is 9.70. The summed E-state index contributed by atoms with van der Waals surface area (Å²) >= 11 is 5.86. The second-order valence-corrected chi connectivity index (χ2v) is 5.17. The summed E-state index contributed by atoms with van der Waals surface area (Å²) in [6.45, 7) is 0.866. The van der Waals surface area contributed by atoms with E-state index in [1.807, 2.05) is 55.6 Å². The Labute approximate surface area is 124 Å². The van der Waals surface area contributed by atoms with Crippen LogP contribution in [0.25, 0.3) is 0 Å². The van der Waals surface area contributed by atoms with Crippen molar-refractivity contribution in [1.82, 2.24) is 5.32 Å². The van der Waals surface area contributed by atoms with Gasteiger partial charge in [0.15, 0.2) is 5.78 Å². The molecule has 0 bridgehead atoms. The molecule has 2 aromatic carbocycles. The predicted molar refractivity (Wildman–Crippen MR) is 83.6 cm³/mol. The van der Waals surface area contributed by atoms with Gasteiger partial charge in [-0.3, -0.25) is 4.79 Å². The van der Waals surface area contributed by atoms with Crippen LogP contribution in [0.2, 0.25) is 5.02 Å². The van der Waals surface area contributed by atoms with E-state index in [1.54, 1.807) is 0 Å². The number of ketones is 1. The number of Topliss-reactive ketones (excluding diaryl/α,β-unsaturated/α-hetero) is 1. The third kappa shape index (κ3) is 3.92. The van der Waals surface area contributed by atoms with Gasteiger partial charge in [-0.2, -0.15) is 0 Å². The summed E-state index contributed by atoms with van der Waals surface area (Å²) in [5, 5.41) is 3.80. The minimum absolute atomic E-state index is 0.152. The highest BCUT2D eigenvalue weighted by Crippen LogP contribution is 2.15. The number of hydrogen-bond acceptors (Lipinski definition) is 2. The monoisotopic (exact) mass is 287 g/mol. The predicted octanol–water partition coefficient (Wildman–Crippen LogP) is 3.53. The number of carbonyl (C=O) groups excluding carboxylic acids is 1. The van der Waals surface area contributed by atoms with Crippen LogP contribution in [0, 0.1) is 0 Å². The molecule has 0 aliphatic rings. The van der Waals surface area contributed by atoms with Crippen LogP contribution < -0.4 is 5.32 Å². The molecule has 0 saturated heterocycles. The molecule has 2 nitrogen and oxygen atoms in total. The summed E-state index contributed by atoms with van der Waals surface area (Å²) in [4.78, 5) is 12.4. The van der Waals surface area contributed by atoms with Crippen molar-refractivity contribution in [2.75, 3.05) is 13.6 Å². The Hall–Kier alpha value is -1.64. The molecule has 0 radical (unpaired) electrons. The molecule has 0 fully saturated rings. The van der Waals surface area contributed by atoms with Gasteiger partial charge in [0.05, 0.1) is 0 Å². The lowest BCUT2D eigenvalue weighted by Gasteiger charge is -2.08. The average molecular weight is 288 g/mol. The number of nitrogens with one attached hydrogen (secondary N) is 1. The standard InChI is InChI=1S/C17H18ClNO/c1-19-11-10-14-4-2-3-5-16(14)17(20)12-13-6-8-15(18)9-7-13/h2-9,19H,10-12H2,1H3. The smallest absolute Gasteiger partial charge is 0.167 e. The van der Waals surface area contributed by atoms with Gasteiger partial charge in [0.25, 0.3) is 0 Å². The third-order valence-corrected chi connectivity index (χ3v) is 3.49. The molecule has 0 aromatic heterocycles. The summed E-state index contributed by atoms with van der Waals surface area (Å²) in [6.07, 6.45) is 1.27. The van der Waals surface area contributed by atoms with Crippen LogP contribution in [0.15, 0.2) is 48.5 Å². The van der Waals surface area contributed by atoms with E-state index in [0.29, 0.717) is 11.4 Å². The van der Waals surface area contributed by atoms with E-state index < -0.39 is 0 Å². The molecule has 20 heavy (non-hydrogen) atoms. The molecule has 0 unspecified atom stereocenters. The first kappa shape index (κ1) is 14.8. The molecule has 0 amide bonds. The lowest BCUT2D eigenvalue weighted by Crippen LogP contribution is -2.14. The Morgan fingerprint density at radius 3 is 2.50 bits per heavy atom. The number of hydrogen-bond donors (Lipinski definition) is 1. The van der Waals surface area contributed by atoms with Gasteiger partial charge in [-0.25, -0.2) is 0 Å². The summed E-state index contributed by atoms with van der Waals surface area (Å²) in [6, 6.07) is 15.2. The maximum Gasteiger partial charge on any atom is 0.167 e. The zero-order valence-corrected chi connectivity index (χ0v) is 12.3. The van der Waals surface area contributed by atoms with Crippen LogP contribution >= 0.6 is 11.6 Å². The largest absolute Gasteiger partial charge is 0.319 e. The van der Waals surface area contributed by atoms with Crippen LogP contribution in [0.4, 0.5) is 0 Å². The normalized spacial score (nSPS) is 10.5. The number of halogens is 1. The topological polar surface area (TPSA) is 29.1 Å². The summed E-state index contributed by atoms with van der Waals surface area (Å²) in [5.41, 5.74) is 2.90. The van der Waals surface area contributed by atoms with Crippen molar-refractivity contribution in [2.45, 2.75) is 12.8 Å². The second-order valence-electron chi connectivity index (χ2n) is 4.74. The van der Waals surface area contributed by atoms with E-state index in [1.165, 1.54) is 0 Å². The minimum atomic E-state index is 0.152. The van der Waals surface area contributed by atoms with Crippen molar-refractivity contribution in [3.8, 4) is 0 Å². The fraction of sp³-hybridized carbons (Fsp3) is 0.235. The molecule has 2 aromatic rings. The highest BCUT2D eigenvalue weighted by Gasteiger charge is 2.11. The Kier molecular flexibility index (Phi) is 5.33. The third-order valence-electron chi connectivity index (χ3n) is 3.24. The van der Waals surface area contributed by atoms with Gasteiger partial charge >= 0.3 is 0 Å². The van der Waals surface area contributed by atoms with Gasteiger partial charge in [0.1, 0.15) is 0 Å². The van der Waals surface area contributed by atoms with E-state index >= 15 is 0 Å². The van der Waals surface area contributed by atoms with Crippen molar-refractivity contribution >= 4 is 17.4 Å². The van der Waals surface area contributed by atoms with Gasteiger partial charge in [0, 0.05) is 17.0 Å². The van der Waals surface area contributed by atoms with Gasteiger partial charge in [-0.1, -0.05) is 48.0 Å². The van der Waals surface area contributed by atoms with E-state index in [9.17, 15) is 4.79 Å². The van der Waals surface area contributed by atoms with E-state index in [-0.39, 0.29) is 5.78 Å². The van der Waals surface area contributed by atoms with Crippen LogP contribution in [0.5, 0.6) is 0 Å². The Balaban J connectivity index is 2.14. The molecule has 1 N–H and O–H groups in total. The molecule has 0 heterocycles. The summed E-state index contributed by atoms with van der Waals surface area (Å²) in [7, 11) is 1.91. The molecule has 2 rings (SSSR count). The summed E-state index contributed by atoms with van der Waals surface area (Å²) in [5.74, 6) is 0.152. The second kappa shape index (κ2) is 7.22. The molecule has 104 valence electrons. The number of rotatable bonds is 6. The first-order valence-electron chi connectivity index (χ1n) is 6.71. The molecule has 0 aliphatic carbocycles. The molecule has 0 spiro atoms. The van der Waals surface area contributed by atoms with Crippen molar-refractivity contribution in [1.29, 1.82) is 0 Å². The summed E-state index contributed by atoms with van der Waals surface area (Å²) < 4.78 is 0. The zero-order chi connectivity index (χ0) is 14.4. The van der Waals surface area contributed by atoms with E-state index in [0.717, 1.165) is 29.7 Å². The lowest BCUT2D eigenvalue weighted by molar-refractivity contribution is 0.0992. The maximum absolute atomic E-state index is 12.4. The minimum Gasteiger partial charge on any atom is -0.319 e. The van der Waals surface area contributed by atoms with Crippen LogP contribution in [0.3, 0.4) is 0 Å². The van der Waals surface area contributed by atoms with E-state index in [2.05, 4.69) is 5.32 Å².